The summed E-state index contributed by atoms with van der Waals surface area (Å²) >= 11 is 6.32. The van der Waals surface area contributed by atoms with Crippen LogP contribution in [-0.2, 0) is 24.3 Å². The van der Waals surface area contributed by atoms with Gasteiger partial charge in [-0.05, 0) is 24.5 Å². The summed E-state index contributed by atoms with van der Waals surface area (Å²) < 4.78 is 2.23. The molecule has 6 nitrogen and oxygen atoms in total. The van der Waals surface area contributed by atoms with E-state index in [-0.39, 0.29) is 11.9 Å². The van der Waals surface area contributed by atoms with Crippen LogP contribution < -0.4 is 0 Å². The van der Waals surface area contributed by atoms with Crippen molar-refractivity contribution >= 4 is 17.5 Å². The third kappa shape index (κ3) is 3.35. The molecule has 0 N–H and O–H groups in total. The first-order chi connectivity index (χ1) is 12.6. The van der Waals surface area contributed by atoms with E-state index < -0.39 is 0 Å². The maximum absolute atomic E-state index is 11.9. The molecule has 138 valence electrons. The number of fused-ring (bicyclic) bond motifs is 1. The third-order valence-electron chi connectivity index (χ3n) is 5.45. The molecular formula is C19H24ClN5O. The fraction of sp³-hybridized carbons (Fsp3) is 0.526. The molecular weight excluding hydrogens is 350 g/mol. The summed E-state index contributed by atoms with van der Waals surface area (Å²) in [5.41, 5.74) is 1.16. The van der Waals surface area contributed by atoms with Gasteiger partial charge in [0.25, 0.3) is 0 Å². The van der Waals surface area contributed by atoms with Crippen LogP contribution in [0.25, 0.3) is 0 Å². The van der Waals surface area contributed by atoms with Gasteiger partial charge >= 0.3 is 0 Å². The SMILES string of the molecule is CC(=O)N1CCC[C@@H]1c1nnc2n1CCN(Cc1ccccc1Cl)CC2. The second kappa shape index (κ2) is 7.37. The van der Waals surface area contributed by atoms with Crippen molar-refractivity contribution in [3.63, 3.8) is 0 Å². The molecule has 0 saturated carbocycles. The minimum absolute atomic E-state index is 0.0730. The highest BCUT2D eigenvalue weighted by Crippen LogP contribution is 2.31. The Morgan fingerprint density at radius 2 is 2.04 bits per heavy atom. The molecule has 2 aromatic rings. The topological polar surface area (TPSA) is 54.3 Å². The number of benzene rings is 1. The van der Waals surface area contributed by atoms with Crippen LogP contribution in [0.1, 0.15) is 43.0 Å². The summed E-state index contributed by atoms with van der Waals surface area (Å²) in [5.74, 6) is 2.10. The summed E-state index contributed by atoms with van der Waals surface area (Å²) in [5, 5.41) is 9.71. The van der Waals surface area contributed by atoms with E-state index in [1.807, 2.05) is 23.1 Å². The Balaban J connectivity index is 1.50. The number of halogens is 1. The first kappa shape index (κ1) is 17.5. The molecule has 7 heteroatoms. The number of carbonyl (C=O) groups is 1. The largest absolute Gasteiger partial charge is 0.333 e. The second-order valence-electron chi connectivity index (χ2n) is 7.11. The molecule has 0 bridgehead atoms. The van der Waals surface area contributed by atoms with Gasteiger partial charge in [0.1, 0.15) is 5.82 Å². The quantitative estimate of drug-likeness (QED) is 0.830. The van der Waals surface area contributed by atoms with Crippen molar-refractivity contribution in [3.8, 4) is 0 Å². The molecule has 4 rings (SSSR count). The molecule has 1 aromatic carbocycles. The third-order valence-corrected chi connectivity index (χ3v) is 5.82. The Labute approximate surface area is 158 Å². The van der Waals surface area contributed by atoms with Gasteiger partial charge in [0, 0.05) is 51.1 Å². The van der Waals surface area contributed by atoms with E-state index in [1.54, 1.807) is 6.92 Å². The Morgan fingerprint density at radius 1 is 1.19 bits per heavy atom. The van der Waals surface area contributed by atoms with E-state index in [2.05, 4.69) is 25.7 Å². The summed E-state index contributed by atoms with van der Waals surface area (Å²) in [4.78, 5) is 16.3. The molecule has 0 radical (unpaired) electrons. The van der Waals surface area contributed by atoms with Crippen LogP contribution in [0.2, 0.25) is 5.02 Å². The minimum Gasteiger partial charge on any atom is -0.333 e. The monoisotopic (exact) mass is 373 g/mol. The average molecular weight is 374 g/mol. The van der Waals surface area contributed by atoms with E-state index in [0.717, 1.165) is 74.2 Å². The van der Waals surface area contributed by atoms with Crippen LogP contribution in [0.4, 0.5) is 0 Å². The van der Waals surface area contributed by atoms with Crippen molar-refractivity contribution in [3.05, 3.63) is 46.5 Å². The van der Waals surface area contributed by atoms with Gasteiger partial charge in [0.15, 0.2) is 5.82 Å². The van der Waals surface area contributed by atoms with Crippen molar-refractivity contribution < 1.29 is 4.79 Å². The lowest BCUT2D eigenvalue weighted by atomic mass is 10.2. The highest BCUT2D eigenvalue weighted by molar-refractivity contribution is 6.31. The molecule has 2 aliphatic rings. The number of hydrogen-bond acceptors (Lipinski definition) is 4. The molecule has 26 heavy (non-hydrogen) atoms. The summed E-state index contributed by atoms with van der Waals surface area (Å²) in [6, 6.07) is 8.09. The van der Waals surface area contributed by atoms with Crippen molar-refractivity contribution in [2.75, 3.05) is 19.6 Å². The number of hydrogen-bond donors (Lipinski definition) is 0. The minimum atomic E-state index is 0.0730. The lowest BCUT2D eigenvalue weighted by Crippen LogP contribution is -2.31. The molecule has 2 aliphatic heterocycles. The van der Waals surface area contributed by atoms with Crippen LogP contribution in [-0.4, -0.2) is 50.1 Å². The van der Waals surface area contributed by atoms with Crippen molar-refractivity contribution in [1.82, 2.24) is 24.6 Å². The van der Waals surface area contributed by atoms with E-state index in [9.17, 15) is 4.79 Å². The Bertz CT molecular complexity index is 805. The summed E-state index contributed by atoms with van der Waals surface area (Å²) in [6.07, 6.45) is 2.87. The zero-order chi connectivity index (χ0) is 18.1. The van der Waals surface area contributed by atoms with E-state index in [4.69, 9.17) is 11.6 Å². The van der Waals surface area contributed by atoms with Gasteiger partial charge < -0.3 is 9.47 Å². The number of amides is 1. The van der Waals surface area contributed by atoms with Crippen molar-refractivity contribution in [1.29, 1.82) is 0 Å². The van der Waals surface area contributed by atoms with E-state index in [1.165, 1.54) is 0 Å². The van der Waals surface area contributed by atoms with Gasteiger partial charge in [-0.1, -0.05) is 29.8 Å². The zero-order valence-electron chi connectivity index (χ0n) is 15.1. The van der Waals surface area contributed by atoms with Crippen LogP contribution in [0.3, 0.4) is 0 Å². The standard InChI is InChI=1S/C19H24ClN5O/c1-14(26)24-9-4-7-17(24)19-22-21-18-8-10-23(11-12-25(18)19)13-15-5-2-3-6-16(15)20/h2-3,5-6,17H,4,7-13H2,1H3/t17-/m1/s1. The fourth-order valence-electron chi connectivity index (χ4n) is 4.07. The number of likely N-dealkylation sites (tertiary alicyclic amines) is 1. The highest BCUT2D eigenvalue weighted by atomic mass is 35.5. The van der Waals surface area contributed by atoms with Gasteiger partial charge in [0.2, 0.25) is 5.91 Å². The second-order valence-corrected chi connectivity index (χ2v) is 7.52. The van der Waals surface area contributed by atoms with Gasteiger partial charge in [-0.25, -0.2) is 0 Å². The maximum atomic E-state index is 11.9. The molecule has 0 spiro atoms. The highest BCUT2D eigenvalue weighted by Gasteiger charge is 2.33. The number of rotatable bonds is 3. The van der Waals surface area contributed by atoms with Gasteiger partial charge in [-0.3, -0.25) is 9.69 Å². The molecule has 1 amide bonds. The smallest absolute Gasteiger partial charge is 0.220 e. The molecule has 1 aromatic heterocycles. The summed E-state index contributed by atoms with van der Waals surface area (Å²) in [7, 11) is 0. The Morgan fingerprint density at radius 3 is 2.85 bits per heavy atom. The average Bonchev–Trinajstić information content (AvgIpc) is 3.21. The number of carbonyl (C=O) groups excluding carboxylic acids is 1. The first-order valence-corrected chi connectivity index (χ1v) is 9.66. The van der Waals surface area contributed by atoms with E-state index >= 15 is 0 Å². The molecule has 0 aliphatic carbocycles. The zero-order valence-corrected chi connectivity index (χ0v) is 15.8. The van der Waals surface area contributed by atoms with E-state index in [0.29, 0.717) is 0 Å². The fourth-order valence-corrected chi connectivity index (χ4v) is 4.27. The van der Waals surface area contributed by atoms with Crippen LogP contribution in [0.5, 0.6) is 0 Å². The first-order valence-electron chi connectivity index (χ1n) is 9.28. The maximum Gasteiger partial charge on any atom is 0.220 e. The van der Waals surface area contributed by atoms with Gasteiger partial charge in [-0.2, -0.15) is 0 Å². The Hall–Kier alpha value is -1.92. The normalized spacial score (nSPS) is 20.8. The lowest BCUT2D eigenvalue weighted by molar-refractivity contribution is -0.129. The predicted molar refractivity (Wildman–Crippen MR) is 99.8 cm³/mol. The summed E-state index contributed by atoms with van der Waals surface area (Å²) in [6.45, 7) is 6.02. The van der Waals surface area contributed by atoms with Gasteiger partial charge in [-0.15, -0.1) is 10.2 Å². The van der Waals surface area contributed by atoms with Crippen molar-refractivity contribution in [2.45, 2.75) is 45.3 Å². The Kier molecular flexibility index (Phi) is 4.96. The van der Waals surface area contributed by atoms with Crippen molar-refractivity contribution in [2.24, 2.45) is 0 Å². The van der Waals surface area contributed by atoms with Crippen LogP contribution in [0, 0.1) is 0 Å². The van der Waals surface area contributed by atoms with Crippen LogP contribution in [0.15, 0.2) is 24.3 Å². The molecule has 3 heterocycles. The molecule has 1 saturated heterocycles. The molecule has 1 atom stereocenters. The predicted octanol–water partition coefficient (Wildman–Crippen LogP) is 2.67. The number of nitrogens with zero attached hydrogens (tertiary/aromatic N) is 5. The number of aromatic nitrogens is 3. The molecule has 1 fully saturated rings. The lowest BCUT2D eigenvalue weighted by Gasteiger charge is -2.24. The molecule has 0 unspecified atom stereocenters. The van der Waals surface area contributed by atoms with Gasteiger partial charge in [0.05, 0.1) is 6.04 Å². The van der Waals surface area contributed by atoms with Crippen LogP contribution >= 0.6 is 11.6 Å².